The number of carbonyl (C=O) groups excluding carboxylic acids is 2. The number of nitrogens with one attached hydrogen (secondary N) is 1. The number of unbranched alkanes of at least 4 members (excludes halogenated alkanes) is 23. The summed E-state index contributed by atoms with van der Waals surface area (Å²) in [5.74, 6) is -1.25. The molecular formula is C60H105NO10. The lowest BCUT2D eigenvalue weighted by Crippen LogP contribution is -2.61. The van der Waals surface area contributed by atoms with E-state index in [0.717, 1.165) is 83.5 Å². The number of amides is 1. The van der Waals surface area contributed by atoms with Gasteiger partial charge in [0.1, 0.15) is 24.4 Å². The highest BCUT2D eigenvalue weighted by atomic mass is 16.7. The number of allylic oxidation sites excluding steroid dienone is 11. The van der Waals surface area contributed by atoms with Crippen LogP contribution in [-0.2, 0) is 23.8 Å². The van der Waals surface area contributed by atoms with Crippen LogP contribution in [0.2, 0.25) is 0 Å². The summed E-state index contributed by atoms with van der Waals surface area (Å²) in [4.78, 5) is 26.4. The quantitative estimate of drug-likeness (QED) is 0.0196. The van der Waals surface area contributed by atoms with E-state index in [1.54, 1.807) is 6.08 Å². The standard InChI is InChI=1S/C60H105NO10/c1-4-7-10-13-16-19-22-24-25-26-27-28-29-30-33-36-39-42-45-48-55(65)71-58-57(67)56(66)54(49-62)70-60(58)69-50-51(52(63)46-43-40-37-34-31-21-18-15-12-9-6-3)61-59(68)53(64)47-44-41-38-35-32-23-20-17-14-11-8-5-2/h16,19,24-25,27-28,30,32-33,35,43,46,51-54,56-58,60,62-64,66-67H,4-15,17-18,20-23,26,29,31,34,36-42,44-45,47-50H2,1-3H3,(H,61,68)/b19-16-,25-24-,28-27-,33-30-,35-32-,46-43+. The van der Waals surface area contributed by atoms with Gasteiger partial charge in [-0.2, -0.15) is 0 Å². The van der Waals surface area contributed by atoms with Gasteiger partial charge in [-0.1, -0.05) is 203 Å². The summed E-state index contributed by atoms with van der Waals surface area (Å²) >= 11 is 0. The molecule has 1 aliphatic heterocycles. The Kier molecular flexibility index (Phi) is 44.8. The summed E-state index contributed by atoms with van der Waals surface area (Å²) in [6, 6.07) is -1.04. The minimum Gasteiger partial charge on any atom is -0.454 e. The Bertz CT molecular complexity index is 1430. The molecule has 11 heteroatoms. The molecule has 1 fully saturated rings. The summed E-state index contributed by atoms with van der Waals surface area (Å²) in [6.45, 7) is 5.69. The van der Waals surface area contributed by atoms with E-state index in [1.807, 2.05) is 6.08 Å². The van der Waals surface area contributed by atoms with E-state index in [4.69, 9.17) is 14.2 Å². The molecule has 8 atom stereocenters. The van der Waals surface area contributed by atoms with E-state index in [2.05, 4.69) is 86.8 Å². The fraction of sp³-hybridized carbons (Fsp3) is 0.767. The number of rotatable bonds is 47. The van der Waals surface area contributed by atoms with E-state index in [0.29, 0.717) is 12.8 Å². The van der Waals surface area contributed by atoms with E-state index >= 15 is 0 Å². The Morgan fingerprint density at radius 2 is 0.972 bits per heavy atom. The number of aliphatic hydroxyl groups excluding tert-OH is 5. The molecular weight excluding hydrogens is 895 g/mol. The zero-order valence-corrected chi connectivity index (χ0v) is 45.1. The van der Waals surface area contributed by atoms with Crippen LogP contribution in [0, 0.1) is 0 Å². The number of carbonyl (C=O) groups is 2. The maximum Gasteiger partial charge on any atom is 0.306 e. The fourth-order valence-electron chi connectivity index (χ4n) is 8.45. The highest BCUT2D eigenvalue weighted by Crippen LogP contribution is 2.26. The Morgan fingerprint density at radius 1 is 0.549 bits per heavy atom. The molecule has 0 aromatic rings. The van der Waals surface area contributed by atoms with Crippen LogP contribution in [0.4, 0.5) is 0 Å². The zero-order chi connectivity index (χ0) is 51.8. The van der Waals surface area contributed by atoms with Crippen LogP contribution in [0.25, 0.3) is 0 Å². The van der Waals surface area contributed by atoms with Gasteiger partial charge in [-0.3, -0.25) is 9.59 Å². The van der Waals surface area contributed by atoms with Crippen LogP contribution < -0.4 is 5.32 Å². The van der Waals surface area contributed by atoms with Crippen molar-refractivity contribution in [1.29, 1.82) is 0 Å². The average molecular weight is 1000 g/mol. The van der Waals surface area contributed by atoms with Crippen molar-refractivity contribution in [2.24, 2.45) is 0 Å². The molecule has 1 saturated heterocycles. The second-order valence-electron chi connectivity index (χ2n) is 19.7. The third-order valence-corrected chi connectivity index (χ3v) is 13.1. The molecule has 71 heavy (non-hydrogen) atoms. The summed E-state index contributed by atoms with van der Waals surface area (Å²) in [6.07, 6.45) is 49.5. The van der Waals surface area contributed by atoms with Crippen LogP contribution >= 0.6 is 0 Å². The number of hydrogen-bond donors (Lipinski definition) is 6. The van der Waals surface area contributed by atoms with Crippen molar-refractivity contribution in [2.45, 2.75) is 282 Å². The van der Waals surface area contributed by atoms with E-state index in [-0.39, 0.29) is 19.4 Å². The molecule has 0 aliphatic carbocycles. The Morgan fingerprint density at radius 3 is 1.49 bits per heavy atom. The van der Waals surface area contributed by atoms with Crippen LogP contribution in [0.3, 0.4) is 0 Å². The van der Waals surface area contributed by atoms with Crippen molar-refractivity contribution in [3.8, 4) is 0 Å². The minimum atomic E-state index is -1.63. The lowest BCUT2D eigenvalue weighted by Gasteiger charge is -2.41. The third-order valence-electron chi connectivity index (χ3n) is 13.1. The summed E-state index contributed by atoms with van der Waals surface area (Å²) < 4.78 is 17.5. The van der Waals surface area contributed by atoms with Gasteiger partial charge in [0.05, 0.1) is 25.4 Å². The monoisotopic (exact) mass is 1000 g/mol. The largest absolute Gasteiger partial charge is 0.454 e. The summed E-state index contributed by atoms with van der Waals surface area (Å²) in [5.41, 5.74) is 0. The Balaban J connectivity index is 2.74. The van der Waals surface area contributed by atoms with Crippen molar-refractivity contribution >= 4 is 11.9 Å². The molecule has 0 aromatic carbocycles. The SMILES string of the molecule is CCCCC/C=C\C/C=C\C/C=C\C/C=C\CCCCCC(=O)OC1C(OCC(NC(=O)C(O)CCCC/C=C\CCCCCCCC)C(O)/C=C/CCCCCCCCCCC)OC(CO)C(O)C1O. The van der Waals surface area contributed by atoms with Gasteiger partial charge in [0, 0.05) is 6.42 Å². The average Bonchev–Trinajstić information content (AvgIpc) is 3.37. The summed E-state index contributed by atoms with van der Waals surface area (Å²) in [7, 11) is 0. The van der Waals surface area contributed by atoms with Crippen molar-refractivity contribution in [3.63, 3.8) is 0 Å². The van der Waals surface area contributed by atoms with Crippen molar-refractivity contribution in [3.05, 3.63) is 72.9 Å². The second-order valence-corrected chi connectivity index (χ2v) is 19.7. The predicted molar refractivity (Wildman–Crippen MR) is 292 cm³/mol. The molecule has 1 heterocycles. The van der Waals surface area contributed by atoms with Gasteiger partial charge in [0.2, 0.25) is 5.91 Å². The molecule has 0 saturated carbocycles. The third kappa shape index (κ3) is 36.6. The first-order chi connectivity index (χ1) is 34.7. The highest BCUT2D eigenvalue weighted by molar-refractivity contribution is 5.80. The normalized spacial score (nSPS) is 20.1. The van der Waals surface area contributed by atoms with Gasteiger partial charge in [0.15, 0.2) is 12.4 Å². The molecule has 6 N–H and O–H groups in total. The highest BCUT2D eigenvalue weighted by Gasteiger charge is 2.47. The maximum atomic E-state index is 13.3. The molecule has 11 nitrogen and oxygen atoms in total. The van der Waals surface area contributed by atoms with Gasteiger partial charge in [-0.15, -0.1) is 0 Å². The minimum absolute atomic E-state index is 0.0819. The molecule has 8 unspecified atom stereocenters. The van der Waals surface area contributed by atoms with Gasteiger partial charge >= 0.3 is 5.97 Å². The number of esters is 1. The van der Waals surface area contributed by atoms with Gasteiger partial charge < -0.3 is 45.1 Å². The lowest BCUT2D eigenvalue weighted by molar-refractivity contribution is -0.305. The van der Waals surface area contributed by atoms with Gasteiger partial charge in [-0.25, -0.2) is 0 Å². The molecule has 1 rings (SSSR count). The van der Waals surface area contributed by atoms with Crippen molar-refractivity contribution in [1.82, 2.24) is 5.32 Å². The van der Waals surface area contributed by atoms with Crippen LogP contribution in [0.1, 0.15) is 233 Å². The predicted octanol–water partition coefficient (Wildman–Crippen LogP) is 12.8. The number of aliphatic hydroxyl groups is 5. The van der Waals surface area contributed by atoms with Crippen molar-refractivity contribution < 1.29 is 49.3 Å². The van der Waals surface area contributed by atoms with E-state index in [9.17, 15) is 35.1 Å². The van der Waals surface area contributed by atoms with Crippen LogP contribution in [-0.4, -0.2) is 99.6 Å². The Hall–Kier alpha value is -2.90. The molecule has 0 radical (unpaired) electrons. The van der Waals surface area contributed by atoms with E-state index in [1.165, 1.54) is 103 Å². The van der Waals surface area contributed by atoms with Crippen LogP contribution in [0.5, 0.6) is 0 Å². The molecule has 0 aromatic heterocycles. The molecule has 0 bridgehead atoms. The smallest absolute Gasteiger partial charge is 0.306 e. The number of ether oxygens (including phenoxy) is 3. The van der Waals surface area contributed by atoms with E-state index < -0.39 is 67.4 Å². The molecule has 0 spiro atoms. The van der Waals surface area contributed by atoms with Crippen molar-refractivity contribution in [2.75, 3.05) is 13.2 Å². The van der Waals surface area contributed by atoms with Gasteiger partial charge in [0.25, 0.3) is 0 Å². The second kappa shape index (κ2) is 48.1. The summed E-state index contributed by atoms with van der Waals surface area (Å²) in [5, 5.41) is 56.7. The first-order valence-corrected chi connectivity index (χ1v) is 28.7. The topological polar surface area (TPSA) is 175 Å². The first kappa shape index (κ1) is 66.1. The molecule has 410 valence electrons. The lowest BCUT2D eigenvalue weighted by atomic mass is 9.99. The molecule has 1 amide bonds. The molecule has 1 aliphatic rings. The zero-order valence-electron chi connectivity index (χ0n) is 45.1. The first-order valence-electron chi connectivity index (χ1n) is 28.7. The fourth-order valence-corrected chi connectivity index (χ4v) is 8.45. The van der Waals surface area contributed by atoms with Gasteiger partial charge in [-0.05, 0) is 96.3 Å². The Labute approximate surface area is 432 Å². The maximum absolute atomic E-state index is 13.3. The number of hydrogen-bond acceptors (Lipinski definition) is 10. The van der Waals surface area contributed by atoms with Crippen LogP contribution in [0.15, 0.2) is 72.9 Å².